The lowest BCUT2D eigenvalue weighted by molar-refractivity contribution is -0.141. The number of nitrogens with zero attached hydrogens (tertiary/aromatic N) is 2. The maximum Gasteiger partial charge on any atom is 0.319 e. The number of amides is 1. The molecule has 1 saturated heterocycles. The molecule has 5 unspecified atom stereocenters. The number of nitrogens with two attached hydrogens (primary N) is 1. The molecular weight excluding hydrogens is 356 g/mol. The fourth-order valence-electron chi connectivity index (χ4n) is 7.44. The van der Waals surface area contributed by atoms with Crippen molar-refractivity contribution in [3.8, 4) is 6.07 Å². The summed E-state index contributed by atoms with van der Waals surface area (Å²) in [5, 5.41) is 12.1. The van der Waals surface area contributed by atoms with E-state index in [4.69, 9.17) is 15.7 Å². The van der Waals surface area contributed by atoms with Gasteiger partial charge >= 0.3 is 5.97 Å². The Kier molecular flexibility index (Phi) is 4.71. The molecule has 1 heterocycles. The van der Waals surface area contributed by atoms with Crippen LogP contribution >= 0.6 is 0 Å². The van der Waals surface area contributed by atoms with E-state index in [1.165, 1.54) is 52.6 Å². The lowest BCUT2D eigenvalue weighted by atomic mass is 9.51. The van der Waals surface area contributed by atoms with Crippen LogP contribution in [0.2, 0.25) is 0 Å². The van der Waals surface area contributed by atoms with Crippen molar-refractivity contribution < 1.29 is 14.3 Å². The fourth-order valence-corrected chi connectivity index (χ4v) is 7.44. The van der Waals surface area contributed by atoms with E-state index < -0.39 is 0 Å². The highest BCUT2D eigenvalue weighted by atomic mass is 16.5. The van der Waals surface area contributed by atoms with E-state index in [9.17, 15) is 9.59 Å². The van der Waals surface area contributed by atoms with Gasteiger partial charge in [-0.05, 0) is 68.6 Å². The molecule has 0 aromatic carbocycles. The zero-order valence-electron chi connectivity index (χ0n) is 17.0. The Hall–Kier alpha value is -1.65. The second-order valence-electron chi connectivity index (χ2n) is 9.79. The fraction of sp³-hybridized carbons (Fsp3) is 0.857. The van der Waals surface area contributed by atoms with Crippen molar-refractivity contribution in [1.82, 2.24) is 10.2 Å². The summed E-state index contributed by atoms with van der Waals surface area (Å²) in [5.41, 5.74) is 7.28. The number of likely N-dealkylation sites (tertiary alicyclic amines) is 1. The SMILES string of the molecule is CC(=O)N1CCC[C@H]1C#N.COC(=O)CNC12CC3CC4(N)CC(C1)C2(C3)C4. The Labute approximate surface area is 166 Å². The summed E-state index contributed by atoms with van der Waals surface area (Å²) < 4.78 is 4.75. The number of hydrogen-bond donors (Lipinski definition) is 2. The molecule has 0 radical (unpaired) electrons. The van der Waals surface area contributed by atoms with Gasteiger partial charge < -0.3 is 20.7 Å². The summed E-state index contributed by atoms with van der Waals surface area (Å²) in [6.45, 7) is 2.62. The van der Waals surface area contributed by atoms with Gasteiger partial charge in [-0.3, -0.25) is 9.59 Å². The number of ether oxygens (including phenoxy) is 1. The Balaban J connectivity index is 0.000000165. The molecule has 1 spiro atoms. The minimum absolute atomic E-state index is 0.0176. The molecule has 5 rings (SSSR count). The van der Waals surface area contributed by atoms with E-state index in [1.807, 2.05) is 0 Å². The van der Waals surface area contributed by atoms with Gasteiger partial charge in [-0.2, -0.15) is 5.26 Å². The molecule has 1 aliphatic heterocycles. The molecule has 5 fully saturated rings. The molecule has 28 heavy (non-hydrogen) atoms. The molecular formula is C21H32N4O3. The van der Waals surface area contributed by atoms with Crippen molar-refractivity contribution in [2.24, 2.45) is 23.0 Å². The van der Waals surface area contributed by atoms with Gasteiger partial charge in [0.2, 0.25) is 5.91 Å². The number of hydrogen-bond acceptors (Lipinski definition) is 6. The monoisotopic (exact) mass is 388 g/mol. The van der Waals surface area contributed by atoms with Gasteiger partial charge in [0.05, 0.1) is 19.7 Å². The van der Waals surface area contributed by atoms with Crippen LogP contribution in [0.1, 0.15) is 58.3 Å². The predicted molar refractivity (Wildman–Crippen MR) is 103 cm³/mol. The van der Waals surface area contributed by atoms with Gasteiger partial charge in [0.15, 0.2) is 0 Å². The van der Waals surface area contributed by atoms with Crippen molar-refractivity contribution >= 4 is 11.9 Å². The second-order valence-corrected chi connectivity index (χ2v) is 9.79. The van der Waals surface area contributed by atoms with Crippen LogP contribution in [0.15, 0.2) is 0 Å². The Bertz CT molecular complexity index is 717. The van der Waals surface area contributed by atoms with E-state index >= 15 is 0 Å². The predicted octanol–water partition coefficient (Wildman–Crippen LogP) is 1.32. The number of carbonyl (C=O) groups is 2. The first-order valence-corrected chi connectivity index (χ1v) is 10.5. The minimum atomic E-state index is -0.155. The van der Waals surface area contributed by atoms with Crippen LogP contribution in [0.3, 0.4) is 0 Å². The molecule has 4 aliphatic carbocycles. The first kappa shape index (κ1) is 19.7. The molecule has 4 saturated carbocycles. The number of nitrogens with one attached hydrogen (secondary N) is 1. The molecule has 7 heteroatoms. The molecule has 7 nitrogen and oxygen atoms in total. The highest BCUT2D eigenvalue weighted by Gasteiger charge is 2.76. The molecule has 0 aromatic rings. The molecule has 5 aliphatic rings. The van der Waals surface area contributed by atoms with Gasteiger partial charge in [0.25, 0.3) is 0 Å². The number of esters is 1. The largest absolute Gasteiger partial charge is 0.468 e. The third-order valence-electron chi connectivity index (χ3n) is 8.24. The summed E-state index contributed by atoms with van der Waals surface area (Å²) >= 11 is 0. The zero-order valence-corrected chi connectivity index (χ0v) is 17.0. The van der Waals surface area contributed by atoms with E-state index in [-0.39, 0.29) is 29.0 Å². The topological polar surface area (TPSA) is 108 Å². The van der Waals surface area contributed by atoms with Crippen LogP contribution in [0.4, 0.5) is 0 Å². The van der Waals surface area contributed by atoms with Gasteiger partial charge in [0, 0.05) is 24.5 Å². The Morgan fingerprint density at radius 3 is 2.71 bits per heavy atom. The smallest absolute Gasteiger partial charge is 0.319 e. The van der Waals surface area contributed by atoms with E-state index in [0.29, 0.717) is 12.0 Å². The van der Waals surface area contributed by atoms with Gasteiger partial charge in [-0.15, -0.1) is 0 Å². The van der Waals surface area contributed by atoms with Crippen molar-refractivity contribution in [2.75, 3.05) is 20.2 Å². The van der Waals surface area contributed by atoms with Gasteiger partial charge in [-0.1, -0.05) is 0 Å². The molecule has 3 bridgehead atoms. The standard InChI is InChI=1S/C14H22N2O2.C7H10N2O/c1-18-11(17)7-16-14-4-9-2-12(15)5-10(6-14)13(14,3-9)8-12;1-6(10)9-4-2-3-7(9)5-8/h9-10,16H,2-8,15H2,1H3;7H,2-4H2,1H3/t;7-/m.0/s1. The average molecular weight is 389 g/mol. The summed E-state index contributed by atoms with van der Waals surface area (Å²) in [4.78, 5) is 23.8. The van der Waals surface area contributed by atoms with Crippen LogP contribution in [-0.4, -0.2) is 54.1 Å². The summed E-state index contributed by atoms with van der Waals surface area (Å²) in [6, 6.07) is 1.95. The molecule has 6 atom stereocenters. The minimum Gasteiger partial charge on any atom is -0.468 e. The van der Waals surface area contributed by atoms with Crippen LogP contribution in [0, 0.1) is 28.6 Å². The summed E-state index contributed by atoms with van der Waals surface area (Å²) in [6.07, 6.45) is 9.19. The molecule has 1 amide bonds. The first-order valence-electron chi connectivity index (χ1n) is 10.5. The highest BCUT2D eigenvalue weighted by molar-refractivity contribution is 5.74. The Morgan fingerprint density at radius 1 is 1.29 bits per heavy atom. The highest BCUT2D eigenvalue weighted by Crippen LogP contribution is 2.77. The summed E-state index contributed by atoms with van der Waals surface area (Å²) in [7, 11) is 1.46. The number of nitriles is 1. The van der Waals surface area contributed by atoms with E-state index in [0.717, 1.165) is 31.2 Å². The number of rotatable bonds is 3. The van der Waals surface area contributed by atoms with Crippen molar-refractivity contribution in [3.63, 3.8) is 0 Å². The van der Waals surface area contributed by atoms with Crippen LogP contribution in [-0.2, 0) is 14.3 Å². The third-order valence-corrected chi connectivity index (χ3v) is 8.24. The van der Waals surface area contributed by atoms with Crippen LogP contribution in [0.25, 0.3) is 0 Å². The second kappa shape index (κ2) is 6.70. The number of carbonyl (C=O) groups excluding carboxylic acids is 2. The van der Waals surface area contributed by atoms with Crippen LogP contribution < -0.4 is 11.1 Å². The number of methoxy groups -OCH3 is 1. The van der Waals surface area contributed by atoms with Gasteiger partial charge in [-0.25, -0.2) is 0 Å². The lowest BCUT2D eigenvalue weighted by Gasteiger charge is -2.59. The van der Waals surface area contributed by atoms with Crippen molar-refractivity contribution in [2.45, 2.75) is 75.4 Å². The van der Waals surface area contributed by atoms with E-state index in [1.54, 1.807) is 4.90 Å². The molecule has 3 N–H and O–H groups in total. The first-order chi connectivity index (χ1) is 13.3. The maximum atomic E-state index is 11.4. The van der Waals surface area contributed by atoms with Gasteiger partial charge in [0.1, 0.15) is 6.04 Å². The number of fused-ring (bicyclic) bond motifs is 2. The van der Waals surface area contributed by atoms with Crippen molar-refractivity contribution in [1.29, 1.82) is 5.26 Å². The molecule has 154 valence electrons. The Morgan fingerprint density at radius 2 is 2.07 bits per heavy atom. The quantitative estimate of drug-likeness (QED) is 0.706. The van der Waals surface area contributed by atoms with E-state index in [2.05, 4.69) is 11.4 Å². The van der Waals surface area contributed by atoms with Crippen LogP contribution in [0.5, 0.6) is 0 Å². The normalized spacial score (nSPS) is 44.2. The van der Waals surface area contributed by atoms with Crippen molar-refractivity contribution in [3.05, 3.63) is 0 Å². The lowest BCUT2D eigenvalue weighted by Crippen LogP contribution is -2.66. The molecule has 0 aromatic heterocycles. The summed E-state index contributed by atoms with van der Waals surface area (Å²) in [5.74, 6) is 1.45. The average Bonchev–Trinajstić information content (AvgIpc) is 3.24. The maximum absolute atomic E-state index is 11.4. The zero-order chi connectivity index (χ0) is 20.2. The third kappa shape index (κ3) is 2.84.